The summed E-state index contributed by atoms with van der Waals surface area (Å²) in [4.78, 5) is 0.163. The van der Waals surface area contributed by atoms with E-state index in [4.69, 9.17) is 11.6 Å². The van der Waals surface area contributed by atoms with Gasteiger partial charge in [-0.25, -0.2) is 13.1 Å². The molecule has 0 amide bonds. The maximum atomic E-state index is 12.3. The summed E-state index contributed by atoms with van der Waals surface area (Å²) in [5, 5.41) is 3.51. The van der Waals surface area contributed by atoms with Crippen molar-refractivity contribution in [2.24, 2.45) is 0 Å². The second kappa shape index (κ2) is 9.41. The minimum absolute atomic E-state index is 0.163. The second-order valence-electron chi connectivity index (χ2n) is 5.05. The van der Waals surface area contributed by atoms with E-state index in [9.17, 15) is 8.42 Å². The molecule has 0 atom stereocenters. The monoisotopic (exact) mass is 332 g/mol. The van der Waals surface area contributed by atoms with E-state index < -0.39 is 10.0 Å². The van der Waals surface area contributed by atoms with Crippen molar-refractivity contribution < 1.29 is 8.42 Å². The Kier molecular flexibility index (Phi) is 8.26. The molecular formula is C15H25ClN2O2S. The lowest BCUT2D eigenvalue weighted by molar-refractivity contribution is 0.575. The fraction of sp³-hybridized carbons (Fsp3) is 0.600. The molecule has 0 saturated carbocycles. The standard InChI is InChI=1S/C15H25ClN2O2S/c1-3-5-6-10-18-21(19,20)15-11-13(7-8-14(15)16)12-17-9-4-2/h7-8,11,17-18H,3-6,9-10,12H2,1-2H3. The summed E-state index contributed by atoms with van der Waals surface area (Å²) >= 11 is 6.04. The molecule has 1 aromatic rings. The molecule has 0 aromatic heterocycles. The summed E-state index contributed by atoms with van der Waals surface area (Å²) in [6.45, 7) is 6.16. The lowest BCUT2D eigenvalue weighted by Gasteiger charge is -2.10. The first-order valence-electron chi connectivity index (χ1n) is 7.50. The van der Waals surface area contributed by atoms with Crippen LogP contribution in [-0.2, 0) is 16.6 Å². The van der Waals surface area contributed by atoms with Gasteiger partial charge in [-0.15, -0.1) is 0 Å². The maximum Gasteiger partial charge on any atom is 0.242 e. The van der Waals surface area contributed by atoms with Gasteiger partial charge in [0.15, 0.2) is 0 Å². The van der Waals surface area contributed by atoms with Gasteiger partial charge in [0.05, 0.1) is 5.02 Å². The van der Waals surface area contributed by atoms with Crippen molar-refractivity contribution in [1.29, 1.82) is 0 Å². The molecule has 0 radical (unpaired) electrons. The summed E-state index contributed by atoms with van der Waals surface area (Å²) in [6.07, 6.45) is 3.95. The number of rotatable bonds is 10. The zero-order valence-corrected chi connectivity index (χ0v) is 14.4. The molecule has 2 N–H and O–H groups in total. The predicted octanol–water partition coefficient (Wildman–Crippen LogP) is 3.31. The molecule has 0 aliphatic heterocycles. The smallest absolute Gasteiger partial charge is 0.242 e. The van der Waals surface area contributed by atoms with Gasteiger partial charge < -0.3 is 5.32 Å². The summed E-state index contributed by atoms with van der Waals surface area (Å²) in [6, 6.07) is 5.14. The average molecular weight is 333 g/mol. The molecule has 0 bridgehead atoms. The first kappa shape index (κ1) is 18.4. The minimum atomic E-state index is -3.53. The molecule has 1 aromatic carbocycles. The Bertz CT molecular complexity index is 532. The lowest BCUT2D eigenvalue weighted by atomic mass is 10.2. The van der Waals surface area contributed by atoms with E-state index in [1.807, 2.05) is 6.07 Å². The molecule has 0 unspecified atom stereocenters. The van der Waals surface area contributed by atoms with E-state index in [2.05, 4.69) is 23.9 Å². The topological polar surface area (TPSA) is 58.2 Å². The van der Waals surface area contributed by atoms with Gasteiger partial charge in [0, 0.05) is 13.1 Å². The van der Waals surface area contributed by atoms with Crippen molar-refractivity contribution in [3.8, 4) is 0 Å². The molecule has 0 fully saturated rings. The Hall–Kier alpha value is -0.620. The van der Waals surface area contributed by atoms with Crippen LogP contribution in [0, 0.1) is 0 Å². The number of unbranched alkanes of at least 4 members (excludes halogenated alkanes) is 2. The van der Waals surface area contributed by atoms with Crippen LogP contribution in [0.15, 0.2) is 23.1 Å². The van der Waals surface area contributed by atoms with Gasteiger partial charge >= 0.3 is 0 Å². The van der Waals surface area contributed by atoms with Crippen LogP contribution in [0.2, 0.25) is 5.02 Å². The largest absolute Gasteiger partial charge is 0.313 e. The van der Waals surface area contributed by atoms with E-state index in [-0.39, 0.29) is 9.92 Å². The molecule has 120 valence electrons. The number of hydrogen-bond donors (Lipinski definition) is 2. The lowest BCUT2D eigenvalue weighted by Crippen LogP contribution is -2.25. The highest BCUT2D eigenvalue weighted by atomic mass is 35.5. The molecule has 0 aliphatic rings. The van der Waals surface area contributed by atoms with Crippen molar-refractivity contribution in [2.75, 3.05) is 13.1 Å². The van der Waals surface area contributed by atoms with Crippen LogP contribution in [0.1, 0.15) is 45.1 Å². The number of benzene rings is 1. The van der Waals surface area contributed by atoms with Crippen LogP contribution in [0.25, 0.3) is 0 Å². The number of halogens is 1. The van der Waals surface area contributed by atoms with E-state index in [0.717, 1.165) is 37.8 Å². The third-order valence-electron chi connectivity index (χ3n) is 3.11. The third kappa shape index (κ3) is 6.34. The molecule has 21 heavy (non-hydrogen) atoms. The highest BCUT2D eigenvalue weighted by molar-refractivity contribution is 7.89. The van der Waals surface area contributed by atoms with Crippen LogP contribution in [0.3, 0.4) is 0 Å². The first-order chi connectivity index (χ1) is 10.0. The zero-order chi connectivity index (χ0) is 15.7. The highest BCUT2D eigenvalue weighted by Crippen LogP contribution is 2.22. The highest BCUT2D eigenvalue weighted by Gasteiger charge is 2.17. The van der Waals surface area contributed by atoms with Crippen molar-refractivity contribution in [1.82, 2.24) is 10.0 Å². The maximum absolute atomic E-state index is 12.3. The van der Waals surface area contributed by atoms with Crippen LogP contribution in [0.4, 0.5) is 0 Å². The van der Waals surface area contributed by atoms with Gasteiger partial charge in [-0.05, 0) is 37.1 Å². The quantitative estimate of drug-likeness (QED) is 0.646. The van der Waals surface area contributed by atoms with Crippen LogP contribution < -0.4 is 10.0 Å². The number of hydrogen-bond acceptors (Lipinski definition) is 3. The van der Waals surface area contributed by atoms with Gasteiger partial charge in [-0.2, -0.15) is 0 Å². The van der Waals surface area contributed by atoms with Gasteiger partial charge in [-0.1, -0.05) is 44.4 Å². The third-order valence-corrected chi connectivity index (χ3v) is 5.06. The predicted molar refractivity (Wildman–Crippen MR) is 88.2 cm³/mol. The Labute approximate surface area is 133 Å². The van der Waals surface area contributed by atoms with Crippen molar-refractivity contribution in [3.63, 3.8) is 0 Å². The molecule has 6 heteroatoms. The van der Waals surface area contributed by atoms with E-state index in [0.29, 0.717) is 13.1 Å². The average Bonchev–Trinajstić information content (AvgIpc) is 2.45. The fourth-order valence-corrected chi connectivity index (χ4v) is 3.55. The molecular weight excluding hydrogens is 308 g/mol. The molecule has 1 rings (SSSR count). The zero-order valence-electron chi connectivity index (χ0n) is 12.8. The fourth-order valence-electron chi connectivity index (χ4n) is 1.93. The van der Waals surface area contributed by atoms with E-state index in [1.165, 1.54) is 0 Å². The first-order valence-corrected chi connectivity index (χ1v) is 9.36. The van der Waals surface area contributed by atoms with Crippen molar-refractivity contribution in [3.05, 3.63) is 28.8 Å². The summed E-state index contributed by atoms with van der Waals surface area (Å²) in [5.74, 6) is 0. The summed E-state index contributed by atoms with van der Waals surface area (Å²) in [7, 11) is -3.53. The number of nitrogens with one attached hydrogen (secondary N) is 2. The van der Waals surface area contributed by atoms with Gasteiger partial charge in [-0.3, -0.25) is 0 Å². The SMILES string of the molecule is CCCCCNS(=O)(=O)c1cc(CNCCC)ccc1Cl. The summed E-state index contributed by atoms with van der Waals surface area (Å²) < 4.78 is 27.2. The van der Waals surface area contributed by atoms with E-state index >= 15 is 0 Å². The molecule has 0 aliphatic carbocycles. The minimum Gasteiger partial charge on any atom is -0.313 e. The van der Waals surface area contributed by atoms with Crippen LogP contribution in [-0.4, -0.2) is 21.5 Å². The van der Waals surface area contributed by atoms with Crippen LogP contribution in [0.5, 0.6) is 0 Å². The molecule has 0 saturated heterocycles. The normalized spacial score (nSPS) is 11.8. The number of sulfonamides is 1. The Morgan fingerprint density at radius 1 is 1.10 bits per heavy atom. The molecule has 4 nitrogen and oxygen atoms in total. The van der Waals surface area contributed by atoms with Gasteiger partial charge in [0.25, 0.3) is 0 Å². The Morgan fingerprint density at radius 3 is 2.52 bits per heavy atom. The summed E-state index contributed by atoms with van der Waals surface area (Å²) in [5.41, 5.74) is 0.918. The van der Waals surface area contributed by atoms with Crippen LogP contribution >= 0.6 is 11.6 Å². The van der Waals surface area contributed by atoms with Gasteiger partial charge in [0.1, 0.15) is 4.90 Å². The van der Waals surface area contributed by atoms with E-state index in [1.54, 1.807) is 12.1 Å². The van der Waals surface area contributed by atoms with Gasteiger partial charge in [0.2, 0.25) is 10.0 Å². The van der Waals surface area contributed by atoms with Crippen molar-refractivity contribution >= 4 is 21.6 Å². The molecule has 0 heterocycles. The second-order valence-corrected chi connectivity index (χ2v) is 7.19. The molecule has 0 spiro atoms. The van der Waals surface area contributed by atoms with Crippen molar-refractivity contribution in [2.45, 2.75) is 51.0 Å². The Balaban J connectivity index is 2.77. The Morgan fingerprint density at radius 2 is 1.86 bits per heavy atom.